The summed E-state index contributed by atoms with van der Waals surface area (Å²) in [5, 5.41) is 6.60. The SMILES string of the molecule is Cc1cc(C)n(-c2nccc3cc4c(cc23)OCCO4)n1. The Labute approximate surface area is 122 Å². The smallest absolute Gasteiger partial charge is 0.162 e. The zero-order chi connectivity index (χ0) is 14.4. The summed E-state index contributed by atoms with van der Waals surface area (Å²) in [6.07, 6.45) is 1.80. The first-order valence-corrected chi connectivity index (χ1v) is 6.94. The maximum Gasteiger partial charge on any atom is 0.162 e. The monoisotopic (exact) mass is 281 g/mol. The highest BCUT2D eigenvalue weighted by molar-refractivity contribution is 5.91. The fourth-order valence-corrected chi connectivity index (χ4v) is 2.71. The predicted octanol–water partition coefficient (Wildman–Crippen LogP) is 2.81. The summed E-state index contributed by atoms with van der Waals surface area (Å²) >= 11 is 0. The molecule has 0 spiro atoms. The van der Waals surface area contributed by atoms with Gasteiger partial charge >= 0.3 is 0 Å². The van der Waals surface area contributed by atoms with Crippen LogP contribution in [0.25, 0.3) is 16.6 Å². The van der Waals surface area contributed by atoms with E-state index in [4.69, 9.17) is 9.47 Å². The summed E-state index contributed by atoms with van der Waals surface area (Å²) in [6.45, 7) is 5.17. The lowest BCUT2D eigenvalue weighted by molar-refractivity contribution is 0.172. The average Bonchev–Trinajstić information content (AvgIpc) is 2.83. The first kappa shape index (κ1) is 12.2. The zero-order valence-corrected chi connectivity index (χ0v) is 12.0. The molecule has 21 heavy (non-hydrogen) atoms. The van der Waals surface area contributed by atoms with Gasteiger partial charge in [-0.1, -0.05) is 0 Å². The Morgan fingerprint density at radius 2 is 1.81 bits per heavy atom. The van der Waals surface area contributed by atoms with Gasteiger partial charge in [0.05, 0.1) is 5.69 Å². The molecule has 0 atom stereocenters. The van der Waals surface area contributed by atoms with Crippen molar-refractivity contribution in [3.05, 3.63) is 41.9 Å². The van der Waals surface area contributed by atoms with Gasteiger partial charge in [0.1, 0.15) is 13.2 Å². The minimum Gasteiger partial charge on any atom is -0.486 e. The second-order valence-corrected chi connectivity index (χ2v) is 5.19. The van der Waals surface area contributed by atoms with Gasteiger partial charge in [-0.15, -0.1) is 0 Å². The summed E-state index contributed by atoms with van der Waals surface area (Å²) in [6, 6.07) is 8.00. The third kappa shape index (κ3) is 1.93. The second-order valence-electron chi connectivity index (χ2n) is 5.19. The Hall–Kier alpha value is -2.56. The minimum absolute atomic E-state index is 0.577. The summed E-state index contributed by atoms with van der Waals surface area (Å²) in [5.41, 5.74) is 2.03. The molecule has 3 aromatic rings. The van der Waals surface area contributed by atoms with E-state index in [-0.39, 0.29) is 0 Å². The van der Waals surface area contributed by atoms with Crippen LogP contribution in [0.4, 0.5) is 0 Å². The standard InChI is InChI=1S/C16H15N3O2/c1-10-7-11(2)19(18-10)16-13-9-15-14(20-5-6-21-15)8-12(13)3-4-17-16/h3-4,7-9H,5-6H2,1-2H3. The van der Waals surface area contributed by atoms with Crippen molar-refractivity contribution >= 4 is 10.8 Å². The highest BCUT2D eigenvalue weighted by Gasteiger charge is 2.16. The van der Waals surface area contributed by atoms with Crippen molar-refractivity contribution in [1.29, 1.82) is 0 Å². The molecule has 5 heteroatoms. The van der Waals surface area contributed by atoms with Crippen LogP contribution in [0.3, 0.4) is 0 Å². The van der Waals surface area contributed by atoms with Crippen molar-refractivity contribution in [3.8, 4) is 17.3 Å². The van der Waals surface area contributed by atoms with Gasteiger partial charge in [-0.3, -0.25) is 0 Å². The topological polar surface area (TPSA) is 49.2 Å². The molecule has 0 bridgehead atoms. The Kier molecular flexibility index (Phi) is 2.60. The van der Waals surface area contributed by atoms with E-state index in [0.717, 1.165) is 39.5 Å². The van der Waals surface area contributed by atoms with Gasteiger partial charge in [0.25, 0.3) is 0 Å². The summed E-state index contributed by atoms with van der Waals surface area (Å²) < 4.78 is 13.2. The maximum atomic E-state index is 5.68. The van der Waals surface area contributed by atoms with Crippen molar-refractivity contribution in [2.45, 2.75) is 13.8 Å². The van der Waals surface area contributed by atoms with Crippen LogP contribution in [0.5, 0.6) is 11.5 Å². The van der Waals surface area contributed by atoms with E-state index < -0.39 is 0 Å². The van der Waals surface area contributed by atoms with Crippen LogP contribution in [0.1, 0.15) is 11.4 Å². The molecule has 106 valence electrons. The third-order valence-corrected chi connectivity index (χ3v) is 3.62. The number of nitrogens with zero attached hydrogens (tertiary/aromatic N) is 3. The van der Waals surface area contributed by atoms with E-state index in [1.54, 1.807) is 6.20 Å². The van der Waals surface area contributed by atoms with Crippen LogP contribution < -0.4 is 9.47 Å². The molecule has 0 radical (unpaired) electrons. The normalized spacial score (nSPS) is 13.6. The lowest BCUT2D eigenvalue weighted by atomic mass is 10.1. The summed E-state index contributed by atoms with van der Waals surface area (Å²) in [5.74, 6) is 2.37. The molecular weight excluding hydrogens is 266 g/mol. The number of fused-ring (bicyclic) bond motifs is 2. The van der Waals surface area contributed by atoms with Crippen LogP contribution in [-0.2, 0) is 0 Å². The van der Waals surface area contributed by atoms with Crippen LogP contribution >= 0.6 is 0 Å². The van der Waals surface area contributed by atoms with E-state index >= 15 is 0 Å². The number of aromatic nitrogens is 3. The van der Waals surface area contributed by atoms with Crippen molar-refractivity contribution < 1.29 is 9.47 Å². The molecule has 0 unspecified atom stereocenters. The Morgan fingerprint density at radius 1 is 1.05 bits per heavy atom. The molecule has 0 aliphatic carbocycles. The van der Waals surface area contributed by atoms with Gasteiger partial charge in [0.15, 0.2) is 17.3 Å². The van der Waals surface area contributed by atoms with Crippen molar-refractivity contribution in [3.63, 3.8) is 0 Å². The molecule has 1 aromatic carbocycles. The summed E-state index contributed by atoms with van der Waals surface area (Å²) in [4.78, 5) is 4.50. The van der Waals surface area contributed by atoms with Crippen molar-refractivity contribution in [2.24, 2.45) is 0 Å². The maximum absolute atomic E-state index is 5.68. The van der Waals surface area contributed by atoms with E-state index in [9.17, 15) is 0 Å². The fourth-order valence-electron chi connectivity index (χ4n) is 2.71. The average molecular weight is 281 g/mol. The predicted molar refractivity (Wildman–Crippen MR) is 79.3 cm³/mol. The van der Waals surface area contributed by atoms with Crippen molar-refractivity contribution in [2.75, 3.05) is 13.2 Å². The molecule has 1 aliphatic heterocycles. The first-order valence-electron chi connectivity index (χ1n) is 6.94. The van der Waals surface area contributed by atoms with E-state index in [1.807, 2.05) is 42.8 Å². The van der Waals surface area contributed by atoms with Gasteiger partial charge in [-0.25, -0.2) is 9.67 Å². The Bertz CT molecular complexity index is 839. The van der Waals surface area contributed by atoms with Crippen molar-refractivity contribution in [1.82, 2.24) is 14.8 Å². The van der Waals surface area contributed by atoms with Gasteiger partial charge < -0.3 is 9.47 Å². The number of benzene rings is 1. The molecule has 3 heterocycles. The lowest BCUT2D eigenvalue weighted by Crippen LogP contribution is -2.15. The largest absolute Gasteiger partial charge is 0.486 e. The minimum atomic E-state index is 0.577. The molecule has 0 amide bonds. The van der Waals surface area contributed by atoms with Gasteiger partial charge in [-0.05, 0) is 43.5 Å². The zero-order valence-electron chi connectivity index (χ0n) is 12.0. The number of rotatable bonds is 1. The van der Waals surface area contributed by atoms with E-state index in [0.29, 0.717) is 13.2 Å². The number of ether oxygens (including phenoxy) is 2. The highest BCUT2D eigenvalue weighted by atomic mass is 16.6. The first-order chi connectivity index (χ1) is 10.2. The van der Waals surface area contributed by atoms with Gasteiger partial charge in [0, 0.05) is 17.3 Å². The summed E-state index contributed by atoms with van der Waals surface area (Å²) in [7, 11) is 0. The van der Waals surface area contributed by atoms with Crippen LogP contribution in [0, 0.1) is 13.8 Å². The number of aryl methyl sites for hydroxylation is 2. The van der Waals surface area contributed by atoms with Crippen LogP contribution in [0.15, 0.2) is 30.5 Å². The van der Waals surface area contributed by atoms with Gasteiger partial charge in [0.2, 0.25) is 0 Å². The van der Waals surface area contributed by atoms with E-state index in [2.05, 4.69) is 10.1 Å². The third-order valence-electron chi connectivity index (χ3n) is 3.62. The van der Waals surface area contributed by atoms with Crippen LogP contribution in [0.2, 0.25) is 0 Å². The quantitative estimate of drug-likeness (QED) is 0.688. The molecule has 0 N–H and O–H groups in total. The fraction of sp³-hybridized carbons (Fsp3) is 0.250. The van der Waals surface area contributed by atoms with Crippen LogP contribution in [-0.4, -0.2) is 28.0 Å². The Balaban J connectivity index is 1.99. The number of hydrogen-bond acceptors (Lipinski definition) is 4. The molecule has 0 saturated carbocycles. The number of hydrogen-bond donors (Lipinski definition) is 0. The molecule has 0 saturated heterocycles. The second kappa shape index (κ2) is 4.48. The molecule has 0 fully saturated rings. The number of pyridine rings is 1. The molecule has 1 aliphatic rings. The molecule has 2 aromatic heterocycles. The molecule has 4 rings (SSSR count). The molecular formula is C16H15N3O2. The lowest BCUT2D eigenvalue weighted by Gasteiger charge is -2.19. The molecule has 5 nitrogen and oxygen atoms in total. The Morgan fingerprint density at radius 3 is 2.52 bits per heavy atom. The van der Waals surface area contributed by atoms with Gasteiger partial charge in [-0.2, -0.15) is 5.10 Å². The highest BCUT2D eigenvalue weighted by Crippen LogP contribution is 2.36. The van der Waals surface area contributed by atoms with E-state index in [1.165, 1.54) is 0 Å².